The van der Waals surface area contributed by atoms with Crippen LogP contribution in [0.15, 0.2) is 72.3 Å². The van der Waals surface area contributed by atoms with Gasteiger partial charge in [-0.05, 0) is 23.1 Å². The maximum atomic E-state index is 10.1. The first-order valence-corrected chi connectivity index (χ1v) is 8.44. The first-order chi connectivity index (χ1) is 11.8. The van der Waals surface area contributed by atoms with Crippen molar-refractivity contribution in [3.63, 3.8) is 0 Å². The Hall–Kier alpha value is -1.94. The number of aliphatic hydroxyl groups is 1. The van der Waals surface area contributed by atoms with Crippen molar-refractivity contribution in [3.8, 4) is 0 Å². The van der Waals surface area contributed by atoms with Crippen LogP contribution in [0.5, 0.6) is 0 Å². The molecule has 0 amide bonds. The molecule has 1 N–H and O–H groups in total. The van der Waals surface area contributed by atoms with Crippen LogP contribution in [0, 0.1) is 0 Å². The Balaban J connectivity index is 1.46. The average molecular weight is 324 g/mol. The summed E-state index contributed by atoms with van der Waals surface area (Å²) in [6, 6.07) is 20.3. The van der Waals surface area contributed by atoms with Crippen LogP contribution in [0.2, 0.25) is 0 Å². The van der Waals surface area contributed by atoms with Crippen molar-refractivity contribution in [1.29, 1.82) is 0 Å². The lowest BCUT2D eigenvalue weighted by molar-refractivity contribution is 0.00356. The fourth-order valence-corrected chi connectivity index (χ4v) is 2.95. The molecule has 126 valence electrons. The molecular formula is C21H24O3. The van der Waals surface area contributed by atoms with Gasteiger partial charge in [0.15, 0.2) is 0 Å². The van der Waals surface area contributed by atoms with Crippen LogP contribution in [0.4, 0.5) is 0 Å². The van der Waals surface area contributed by atoms with Gasteiger partial charge in [-0.25, -0.2) is 0 Å². The molecule has 3 nitrogen and oxygen atoms in total. The minimum atomic E-state index is -0.449. The van der Waals surface area contributed by atoms with E-state index in [-0.39, 0.29) is 6.10 Å². The van der Waals surface area contributed by atoms with Gasteiger partial charge in [-0.2, -0.15) is 0 Å². The standard InChI is InChI=1S/C21H24O3/c22-20-11-19(15-23-14-17-7-3-1-4-8-17)12-21(13-20)24-16-18-9-5-2-6-10-18/h1-11,20-22H,12-16H2. The molecule has 1 aliphatic carbocycles. The molecule has 0 bridgehead atoms. The number of rotatable bonds is 7. The van der Waals surface area contributed by atoms with Crippen LogP contribution in [0.25, 0.3) is 0 Å². The summed E-state index contributed by atoms with van der Waals surface area (Å²) in [4.78, 5) is 0. The molecule has 0 saturated carbocycles. The zero-order valence-corrected chi connectivity index (χ0v) is 13.8. The summed E-state index contributed by atoms with van der Waals surface area (Å²) in [5.41, 5.74) is 3.43. The Morgan fingerprint density at radius 2 is 1.46 bits per heavy atom. The first kappa shape index (κ1) is 16.9. The summed E-state index contributed by atoms with van der Waals surface area (Å²) in [7, 11) is 0. The van der Waals surface area contributed by atoms with E-state index in [4.69, 9.17) is 9.47 Å². The Kier molecular flexibility index (Phi) is 6.19. The molecule has 0 spiro atoms. The SMILES string of the molecule is OC1C=C(COCc2ccccc2)CC(OCc2ccccc2)C1. The van der Waals surface area contributed by atoms with Gasteiger partial charge in [0.2, 0.25) is 0 Å². The summed E-state index contributed by atoms with van der Waals surface area (Å²) in [5, 5.41) is 10.1. The van der Waals surface area contributed by atoms with E-state index in [2.05, 4.69) is 24.3 Å². The highest BCUT2D eigenvalue weighted by atomic mass is 16.5. The average Bonchev–Trinajstić information content (AvgIpc) is 2.61. The number of hydrogen-bond donors (Lipinski definition) is 1. The lowest BCUT2D eigenvalue weighted by atomic mass is 9.95. The highest BCUT2D eigenvalue weighted by Crippen LogP contribution is 2.23. The molecule has 2 aromatic rings. The maximum Gasteiger partial charge on any atom is 0.0749 e. The second-order valence-corrected chi connectivity index (χ2v) is 6.23. The molecule has 2 atom stereocenters. The summed E-state index contributed by atoms with van der Waals surface area (Å²) < 4.78 is 11.8. The molecule has 3 rings (SSSR count). The Morgan fingerprint density at radius 3 is 2.12 bits per heavy atom. The fraction of sp³-hybridized carbons (Fsp3) is 0.333. The van der Waals surface area contributed by atoms with Crippen molar-refractivity contribution in [3.05, 3.63) is 83.4 Å². The van der Waals surface area contributed by atoms with Gasteiger partial charge in [-0.3, -0.25) is 0 Å². The molecule has 0 aliphatic heterocycles. The Labute approximate surface area is 143 Å². The molecule has 1 aliphatic rings. The fourth-order valence-electron chi connectivity index (χ4n) is 2.95. The third kappa shape index (κ3) is 5.31. The number of benzene rings is 2. The van der Waals surface area contributed by atoms with E-state index in [9.17, 15) is 5.11 Å². The van der Waals surface area contributed by atoms with Gasteiger partial charge >= 0.3 is 0 Å². The van der Waals surface area contributed by atoms with Crippen LogP contribution in [-0.4, -0.2) is 23.9 Å². The number of ether oxygens (including phenoxy) is 2. The zero-order valence-electron chi connectivity index (χ0n) is 13.8. The van der Waals surface area contributed by atoms with Crippen molar-refractivity contribution in [2.24, 2.45) is 0 Å². The van der Waals surface area contributed by atoms with Gasteiger partial charge < -0.3 is 14.6 Å². The van der Waals surface area contributed by atoms with Gasteiger partial charge in [0.05, 0.1) is 32.0 Å². The molecule has 0 aromatic heterocycles. The normalized spacial score (nSPS) is 20.6. The van der Waals surface area contributed by atoms with Crippen LogP contribution >= 0.6 is 0 Å². The molecule has 0 saturated heterocycles. The third-order valence-corrected chi connectivity index (χ3v) is 4.15. The summed E-state index contributed by atoms with van der Waals surface area (Å²) in [6.45, 7) is 1.71. The number of hydrogen-bond acceptors (Lipinski definition) is 3. The second-order valence-electron chi connectivity index (χ2n) is 6.23. The van der Waals surface area contributed by atoms with E-state index in [0.29, 0.717) is 26.2 Å². The van der Waals surface area contributed by atoms with E-state index < -0.39 is 6.10 Å². The molecule has 2 aromatic carbocycles. The van der Waals surface area contributed by atoms with E-state index >= 15 is 0 Å². The highest BCUT2D eigenvalue weighted by molar-refractivity contribution is 5.16. The van der Waals surface area contributed by atoms with Gasteiger partial charge in [0.1, 0.15) is 0 Å². The topological polar surface area (TPSA) is 38.7 Å². The lowest BCUT2D eigenvalue weighted by Crippen LogP contribution is -2.26. The van der Waals surface area contributed by atoms with Crippen LogP contribution < -0.4 is 0 Å². The number of aliphatic hydroxyl groups excluding tert-OH is 1. The Morgan fingerprint density at radius 1 is 0.833 bits per heavy atom. The van der Waals surface area contributed by atoms with E-state index in [1.807, 2.05) is 42.5 Å². The molecule has 24 heavy (non-hydrogen) atoms. The van der Waals surface area contributed by atoms with Crippen LogP contribution in [-0.2, 0) is 22.7 Å². The van der Waals surface area contributed by atoms with Crippen molar-refractivity contribution >= 4 is 0 Å². The van der Waals surface area contributed by atoms with E-state index in [1.54, 1.807) is 0 Å². The van der Waals surface area contributed by atoms with Crippen LogP contribution in [0.1, 0.15) is 24.0 Å². The molecule has 0 radical (unpaired) electrons. The minimum Gasteiger partial charge on any atom is -0.389 e. The van der Waals surface area contributed by atoms with Gasteiger partial charge in [0, 0.05) is 6.42 Å². The summed E-state index contributed by atoms with van der Waals surface area (Å²) in [6.07, 6.45) is 2.97. The predicted molar refractivity (Wildman–Crippen MR) is 94.4 cm³/mol. The summed E-state index contributed by atoms with van der Waals surface area (Å²) >= 11 is 0. The van der Waals surface area contributed by atoms with Gasteiger partial charge in [-0.15, -0.1) is 0 Å². The molecule has 3 heteroatoms. The Bertz CT molecular complexity index is 637. The quantitative estimate of drug-likeness (QED) is 0.786. The maximum absolute atomic E-state index is 10.1. The van der Waals surface area contributed by atoms with E-state index in [1.165, 1.54) is 0 Å². The van der Waals surface area contributed by atoms with Crippen molar-refractivity contribution in [2.75, 3.05) is 6.61 Å². The van der Waals surface area contributed by atoms with Crippen molar-refractivity contribution in [1.82, 2.24) is 0 Å². The molecular weight excluding hydrogens is 300 g/mol. The smallest absolute Gasteiger partial charge is 0.0749 e. The highest BCUT2D eigenvalue weighted by Gasteiger charge is 2.21. The third-order valence-electron chi connectivity index (χ3n) is 4.15. The molecule has 0 heterocycles. The van der Waals surface area contributed by atoms with Gasteiger partial charge in [0.25, 0.3) is 0 Å². The second kappa shape index (κ2) is 8.78. The van der Waals surface area contributed by atoms with Crippen LogP contribution in [0.3, 0.4) is 0 Å². The molecule has 2 unspecified atom stereocenters. The summed E-state index contributed by atoms with van der Waals surface area (Å²) in [5.74, 6) is 0. The van der Waals surface area contributed by atoms with Gasteiger partial charge in [-0.1, -0.05) is 66.7 Å². The first-order valence-electron chi connectivity index (χ1n) is 8.44. The zero-order chi connectivity index (χ0) is 16.6. The largest absolute Gasteiger partial charge is 0.389 e. The van der Waals surface area contributed by atoms with Crippen molar-refractivity contribution < 1.29 is 14.6 Å². The molecule has 0 fully saturated rings. The predicted octanol–water partition coefficient (Wildman–Crippen LogP) is 3.87. The van der Waals surface area contributed by atoms with Crippen molar-refractivity contribution in [2.45, 2.75) is 38.3 Å². The minimum absolute atomic E-state index is 0.0422. The lowest BCUT2D eigenvalue weighted by Gasteiger charge is -2.26. The monoisotopic (exact) mass is 324 g/mol. The van der Waals surface area contributed by atoms with E-state index in [0.717, 1.165) is 23.1 Å².